The van der Waals surface area contributed by atoms with Gasteiger partial charge in [0.2, 0.25) is 5.91 Å². The van der Waals surface area contributed by atoms with Gasteiger partial charge in [-0.2, -0.15) is 0 Å². The quantitative estimate of drug-likeness (QED) is 0.478. The molecule has 3 rings (SSSR count). The van der Waals surface area contributed by atoms with E-state index in [2.05, 4.69) is 71.4 Å². The molecule has 5 nitrogen and oxygen atoms in total. The predicted octanol–water partition coefficient (Wildman–Crippen LogP) is 5.16. The van der Waals surface area contributed by atoms with Crippen LogP contribution in [0.5, 0.6) is 0 Å². The molecule has 2 heterocycles. The van der Waals surface area contributed by atoms with E-state index in [1.165, 1.54) is 22.2 Å². The summed E-state index contributed by atoms with van der Waals surface area (Å²) >= 11 is 3.19. The SMILES string of the molecule is CC(C)c1cc(-c2nnc(SCC(=O)NCCc3ccccc3)n2C(C)C)cs1. The summed E-state index contributed by atoms with van der Waals surface area (Å²) in [7, 11) is 0. The van der Waals surface area contributed by atoms with E-state index in [0.29, 0.717) is 18.2 Å². The summed E-state index contributed by atoms with van der Waals surface area (Å²) in [6.07, 6.45) is 0.833. The van der Waals surface area contributed by atoms with Crippen LogP contribution in [-0.2, 0) is 11.2 Å². The summed E-state index contributed by atoms with van der Waals surface area (Å²) in [5, 5.41) is 14.7. The van der Waals surface area contributed by atoms with Crippen LogP contribution < -0.4 is 5.32 Å². The molecule has 0 aliphatic carbocycles. The van der Waals surface area contributed by atoms with Crippen molar-refractivity contribution in [2.45, 2.75) is 51.2 Å². The molecule has 0 atom stereocenters. The minimum absolute atomic E-state index is 0.0171. The number of carbonyl (C=O) groups is 1. The Hall–Kier alpha value is -2.12. The van der Waals surface area contributed by atoms with Crippen LogP contribution in [-0.4, -0.2) is 33.0 Å². The summed E-state index contributed by atoms with van der Waals surface area (Å²) < 4.78 is 2.12. The molecule has 0 saturated carbocycles. The molecule has 1 N–H and O–H groups in total. The third-order valence-corrected chi connectivity index (χ3v) is 6.72. The zero-order valence-electron chi connectivity index (χ0n) is 17.4. The molecule has 0 aliphatic heterocycles. The smallest absolute Gasteiger partial charge is 0.230 e. The normalized spacial score (nSPS) is 11.4. The molecule has 0 saturated heterocycles. The van der Waals surface area contributed by atoms with Crippen LogP contribution >= 0.6 is 23.1 Å². The lowest BCUT2D eigenvalue weighted by Crippen LogP contribution is -2.27. The molecule has 154 valence electrons. The third-order valence-electron chi connectivity index (χ3n) is 4.54. The van der Waals surface area contributed by atoms with Gasteiger partial charge in [-0.15, -0.1) is 21.5 Å². The topological polar surface area (TPSA) is 59.8 Å². The second-order valence-electron chi connectivity index (χ2n) is 7.54. The van der Waals surface area contributed by atoms with Crippen LogP contribution in [0.15, 0.2) is 46.9 Å². The van der Waals surface area contributed by atoms with E-state index in [1.54, 1.807) is 11.3 Å². The Morgan fingerprint density at radius 3 is 2.59 bits per heavy atom. The van der Waals surface area contributed by atoms with E-state index < -0.39 is 0 Å². The number of benzene rings is 1. The maximum Gasteiger partial charge on any atom is 0.230 e. The largest absolute Gasteiger partial charge is 0.355 e. The first kappa shape index (κ1) is 21.6. The summed E-state index contributed by atoms with van der Waals surface area (Å²) in [5.41, 5.74) is 2.32. The van der Waals surface area contributed by atoms with E-state index in [4.69, 9.17) is 0 Å². The molecule has 0 aliphatic rings. The highest BCUT2D eigenvalue weighted by atomic mass is 32.2. The second-order valence-corrected chi connectivity index (χ2v) is 9.42. The van der Waals surface area contributed by atoms with Crippen LogP contribution in [0.1, 0.15) is 50.1 Å². The summed E-state index contributed by atoms with van der Waals surface area (Å²) in [4.78, 5) is 13.6. The maximum absolute atomic E-state index is 12.3. The minimum atomic E-state index is 0.0171. The first-order chi connectivity index (χ1) is 14.0. The fourth-order valence-electron chi connectivity index (χ4n) is 2.98. The molecule has 29 heavy (non-hydrogen) atoms. The number of aromatic nitrogens is 3. The van der Waals surface area contributed by atoms with Gasteiger partial charge in [-0.05, 0) is 37.8 Å². The minimum Gasteiger partial charge on any atom is -0.355 e. The Morgan fingerprint density at radius 2 is 1.93 bits per heavy atom. The number of hydrogen-bond donors (Lipinski definition) is 1. The average Bonchev–Trinajstić information content (AvgIpc) is 3.34. The van der Waals surface area contributed by atoms with Crippen molar-refractivity contribution in [2.75, 3.05) is 12.3 Å². The molecule has 0 fully saturated rings. The third kappa shape index (κ3) is 5.70. The van der Waals surface area contributed by atoms with Gasteiger partial charge in [0.1, 0.15) is 0 Å². The number of carbonyl (C=O) groups excluding carboxylic acids is 1. The molecule has 1 aromatic carbocycles. The molecule has 3 aromatic rings. The molecule has 1 amide bonds. The number of rotatable bonds is 9. The van der Waals surface area contributed by atoms with Gasteiger partial charge < -0.3 is 5.32 Å². The van der Waals surface area contributed by atoms with E-state index >= 15 is 0 Å². The summed E-state index contributed by atoms with van der Waals surface area (Å²) in [5.74, 6) is 1.72. The Kier molecular flexibility index (Phi) is 7.50. The van der Waals surface area contributed by atoms with Gasteiger partial charge in [0, 0.05) is 28.4 Å². The van der Waals surface area contributed by atoms with Crippen molar-refractivity contribution in [3.63, 3.8) is 0 Å². The number of nitrogens with one attached hydrogen (secondary N) is 1. The van der Waals surface area contributed by atoms with Gasteiger partial charge >= 0.3 is 0 Å². The number of thioether (sulfide) groups is 1. The van der Waals surface area contributed by atoms with Crippen molar-refractivity contribution in [1.82, 2.24) is 20.1 Å². The van der Waals surface area contributed by atoms with Crippen molar-refractivity contribution < 1.29 is 4.79 Å². The van der Waals surface area contributed by atoms with E-state index in [9.17, 15) is 4.79 Å². The van der Waals surface area contributed by atoms with Crippen molar-refractivity contribution in [2.24, 2.45) is 0 Å². The fourth-order valence-corrected chi connectivity index (χ4v) is 4.78. The summed E-state index contributed by atoms with van der Waals surface area (Å²) in [6, 6.07) is 12.6. The monoisotopic (exact) mass is 428 g/mol. The lowest BCUT2D eigenvalue weighted by atomic mass is 10.1. The molecule has 0 unspecified atom stereocenters. The summed E-state index contributed by atoms with van der Waals surface area (Å²) in [6.45, 7) is 9.26. The average molecular weight is 429 g/mol. The zero-order chi connectivity index (χ0) is 20.8. The van der Waals surface area contributed by atoms with Crippen molar-refractivity contribution >= 4 is 29.0 Å². The van der Waals surface area contributed by atoms with Crippen LogP contribution in [0, 0.1) is 0 Å². The predicted molar refractivity (Wildman–Crippen MR) is 122 cm³/mol. The van der Waals surface area contributed by atoms with Gasteiger partial charge in [0.15, 0.2) is 11.0 Å². The number of hydrogen-bond acceptors (Lipinski definition) is 5. The highest BCUT2D eigenvalue weighted by Gasteiger charge is 2.19. The van der Waals surface area contributed by atoms with Gasteiger partial charge in [-0.3, -0.25) is 9.36 Å². The van der Waals surface area contributed by atoms with Crippen molar-refractivity contribution in [1.29, 1.82) is 0 Å². The van der Waals surface area contributed by atoms with Crippen LogP contribution in [0.25, 0.3) is 11.4 Å². The second kappa shape index (κ2) is 10.1. The molecular formula is C22H28N4OS2. The lowest BCUT2D eigenvalue weighted by molar-refractivity contribution is -0.118. The molecule has 0 bridgehead atoms. The van der Waals surface area contributed by atoms with Crippen molar-refractivity contribution in [3.05, 3.63) is 52.2 Å². The highest BCUT2D eigenvalue weighted by molar-refractivity contribution is 7.99. The Morgan fingerprint density at radius 1 is 1.17 bits per heavy atom. The standard InChI is InChI=1S/C22H28N4OS2/c1-15(2)19-12-18(13-28-19)21-24-25-22(26(21)16(3)4)29-14-20(27)23-11-10-17-8-6-5-7-9-17/h5-9,12-13,15-16H,10-11,14H2,1-4H3,(H,23,27). The van der Waals surface area contributed by atoms with E-state index in [1.807, 2.05) is 18.2 Å². The number of thiophene rings is 1. The van der Waals surface area contributed by atoms with Gasteiger partial charge in [-0.1, -0.05) is 55.9 Å². The fraction of sp³-hybridized carbons (Fsp3) is 0.409. The first-order valence-electron chi connectivity index (χ1n) is 9.92. The highest BCUT2D eigenvalue weighted by Crippen LogP contribution is 2.32. The van der Waals surface area contributed by atoms with E-state index in [-0.39, 0.29) is 11.9 Å². The van der Waals surface area contributed by atoms with Crippen LogP contribution in [0.3, 0.4) is 0 Å². The van der Waals surface area contributed by atoms with Crippen LogP contribution in [0.2, 0.25) is 0 Å². The van der Waals surface area contributed by atoms with Crippen molar-refractivity contribution in [3.8, 4) is 11.4 Å². The molecule has 2 aromatic heterocycles. The molecule has 0 spiro atoms. The molecule has 0 radical (unpaired) electrons. The molecular weight excluding hydrogens is 400 g/mol. The van der Waals surface area contributed by atoms with Crippen LogP contribution in [0.4, 0.5) is 0 Å². The van der Waals surface area contributed by atoms with Gasteiger partial charge in [-0.25, -0.2) is 0 Å². The number of amides is 1. The van der Waals surface area contributed by atoms with E-state index in [0.717, 1.165) is 23.0 Å². The molecule has 7 heteroatoms. The van der Waals surface area contributed by atoms with Gasteiger partial charge in [0.05, 0.1) is 5.75 Å². The van der Waals surface area contributed by atoms with Gasteiger partial charge in [0.25, 0.3) is 0 Å². The Balaban J connectivity index is 1.60. The zero-order valence-corrected chi connectivity index (χ0v) is 19.0. The maximum atomic E-state index is 12.3. The Labute approximate surface area is 180 Å². The first-order valence-corrected chi connectivity index (χ1v) is 11.8. The number of nitrogens with zero attached hydrogens (tertiary/aromatic N) is 3. The lowest BCUT2D eigenvalue weighted by Gasteiger charge is -2.13. The Bertz CT molecular complexity index is 931.